The van der Waals surface area contributed by atoms with Crippen molar-refractivity contribution in [3.8, 4) is 0 Å². The van der Waals surface area contributed by atoms with Crippen LogP contribution in [0.2, 0.25) is 0 Å². The lowest BCUT2D eigenvalue weighted by Gasteiger charge is -2.25. The van der Waals surface area contributed by atoms with E-state index in [1.54, 1.807) is 12.1 Å². The highest BCUT2D eigenvalue weighted by atomic mass is 32.2. The lowest BCUT2D eigenvalue weighted by molar-refractivity contribution is 0.0991. The van der Waals surface area contributed by atoms with Crippen LogP contribution in [0.4, 0.5) is 0 Å². The highest BCUT2D eigenvalue weighted by Gasteiger charge is 2.25. The molecule has 1 aromatic carbocycles. The Kier molecular flexibility index (Phi) is 3.57. The first-order valence-corrected chi connectivity index (χ1v) is 8.18. The molecular weight excluding hydrogens is 248 g/mol. The molecule has 0 bridgehead atoms. The molecule has 1 aliphatic carbocycles. The molecule has 0 radical (unpaired) electrons. The van der Waals surface area contributed by atoms with Crippen molar-refractivity contribution < 1.29 is 13.2 Å². The van der Waals surface area contributed by atoms with E-state index in [1.807, 2.05) is 12.1 Å². The zero-order valence-electron chi connectivity index (χ0n) is 10.7. The minimum Gasteiger partial charge on any atom is -0.293 e. The number of carbonyl (C=O) groups excluding carboxylic acids is 1. The van der Waals surface area contributed by atoms with E-state index in [4.69, 9.17) is 0 Å². The molecule has 1 atom stereocenters. The highest BCUT2D eigenvalue weighted by molar-refractivity contribution is 7.92. The summed E-state index contributed by atoms with van der Waals surface area (Å²) < 4.78 is 22.7. The van der Waals surface area contributed by atoms with Crippen LogP contribution in [0.1, 0.15) is 48.0 Å². The Morgan fingerprint density at radius 3 is 2.17 bits per heavy atom. The molecule has 1 aliphatic rings. The Balaban J connectivity index is 2.16. The van der Waals surface area contributed by atoms with Crippen molar-refractivity contribution in [3.05, 3.63) is 35.4 Å². The normalized spacial score (nSPS) is 18.1. The van der Waals surface area contributed by atoms with Gasteiger partial charge in [0.2, 0.25) is 0 Å². The van der Waals surface area contributed by atoms with Gasteiger partial charge in [0.1, 0.15) is 5.25 Å². The van der Waals surface area contributed by atoms with E-state index >= 15 is 0 Å². The van der Waals surface area contributed by atoms with E-state index in [2.05, 4.69) is 0 Å². The van der Waals surface area contributed by atoms with Gasteiger partial charge in [-0.1, -0.05) is 30.7 Å². The van der Waals surface area contributed by atoms with Gasteiger partial charge in [0.15, 0.2) is 15.6 Å². The highest BCUT2D eigenvalue weighted by Crippen LogP contribution is 2.36. The summed E-state index contributed by atoms with van der Waals surface area (Å²) in [7, 11) is -3.32. The van der Waals surface area contributed by atoms with Crippen molar-refractivity contribution in [2.75, 3.05) is 6.26 Å². The summed E-state index contributed by atoms with van der Waals surface area (Å²) in [5.41, 5.74) is 1.74. The van der Waals surface area contributed by atoms with Crippen LogP contribution in [0.25, 0.3) is 0 Å². The molecule has 0 heterocycles. The Hall–Kier alpha value is -1.16. The molecule has 0 aliphatic heterocycles. The maximum atomic E-state index is 12.0. The predicted molar refractivity (Wildman–Crippen MR) is 71.7 cm³/mol. The molecule has 1 saturated carbocycles. The predicted octanol–water partition coefficient (Wildman–Crippen LogP) is 2.57. The van der Waals surface area contributed by atoms with E-state index in [0.717, 1.165) is 6.26 Å². The van der Waals surface area contributed by atoms with Gasteiger partial charge in [-0.2, -0.15) is 0 Å². The zero-order chi connectivity index (χ0) is 13.3. The van der Waals surface area contributed by atoms with Gasteiger partial charge in [-0.05, 0) is 31.2 Å². The SMILES string of the molecule is CC(C(=O)c1ccc(C2CCC2)cc1)S(C)(=O)=O. The van der Waals surface area contributed by atoms with Gasteiger partial charge in [-0.15, -0.1) is 0 Å². The minimum absolute atomic E-state index is 0.322. The van der Waals surface area contributed by atoms with Crippen LogP contribution >= 0.6 is 0 Å². The number of rotatable bonds is 4. The number of Topliss-reactive ketones (excluding diaryl/α,β-unsaturated/α-hetero) is 1. The second-order valence-electron chi connectivity index (χ2n) is 5.09. The van der Waals surface area contributed by atoms with Crippen molar-refractivity contribution in [3.63, 3.8) is 0 Å². The van der Waals surface area contributed by atoms with Crippen LogP contribution in [-0.4, -0.2) is 25.7 Å². The van der Waals surface area contributed by atoms with Crippen molar-refractivity contribution in [2.45, 2.75) is 37.4 Å². The van der Waals surface area contributed by atoms with Crippen molar-refractivity contribution >= 4 is 15.6 Å². The Morgan fingerprint density at radius 1 is 1.22 bits per heavy atom. The molecule has 0 amide bonds. The van der Waals surface area contributed by atoms with E-state index < -0.39 is 15.1 Å². The molecule has 18 heavy (non-hydrogen) atoms. The molecule has 0 spiro atoms. The Bertz CT molecular complexity index is 539. The molecule has 1 fully saturated rings. The monoisotopic (exact) mass is 266 g/mol. The van der Waals surface area contributed by atoms with Crippen molar-refractivity contribution in [1.82, 2.24) is 0 Å². The molecule has 1 unspecified atom stereocenters. The number of carbonyl (C=O) groups is 1. The average molecular weight is 266 g/mol. The number of benzene rings is 1. The van der Waals surface area contributed by atoms with Gasteiger partial charge in [0.25, 0.3) is 0 Å². The molecule has 1 aromatic rings. The molecular formula is C14H18O3S. The van der Waals surface area contributed by atoms with Crippen molar-refractivity contribution in [2.24, 2.45) is 0 Å². The topological polar surface area (TPSA) is 51.2 Å². The van der Waals surface area contributed by atoms with Gasteiger partial charge in [-0.25, -0.2) is 8.42 Å². The molecule has 4 heteroatoms. The molecule has 0 aromatic heterocycles. The summed E-state index contributed by atoms with van der Waals surface area (Å²) in [6.45, 7) is 1.44. The number of ketones is 1. The molecule has 0 N–H and O–H groups in total. The van der Waals surface area contributed by atoms with Gasteiger partial charge < -0.3 is 0 Å². The fourth-order valence-corrected chi connectivity index (χ4v) is 2.62. The van der Waals surface area contributed by atoms with Crippen LogP contribution in [0.15, 0.2) is 24.3 Å². The Labute approximate surface area is 108 Å². The van der Waals surface area contributed by atoms with E-state index in [1.165, 1.54) is 31.7 Å². The van der Waals surface area contributed by atoms with Crippen molar-refractivity contribution in [1.29, 1.82) is 0 Å². The minimum atomic E-state index is -3.32. The average Bonchev–Trinajstić information content (AvgIpc) is 2.24. The maximum Gasteiger partial charge on any atom is 0.180 e. The van der Waals surface area contributed by atoms with Crippen LogP contribution in [0.5, 0.6) is 0 Å². The third kappa shape index (κ3) is 2.64. The lowest BCUT2D eigenvalue weighted by atomic mass is 9.80. The third-order valence-electron chi connectivity index (χ3n) is 3.78. The second-order valence-corrected chi connectivity index (χ2v) is 7.45. The van der Waals surface area contributed by atoms with Gasteiger partial charge in [0.05, 0.1) is 0 Å². The van der Waals surface area contributed by atoms with Crippen LogP contribution in [0, 0.1) is 0 Å². The summed E-state index contributed by atoms with van der Waals surface area (Å²) in [5, 5.41) is -0.966. The van der Waals surface area contributed by atoms with E-state index in [-0.39, 0.29) is 5.78 Å². The largest absolute Gasteiger partial charge is 0.293 e. The summed E-state index contributed by atoms with van der Waals surface area (Å²) in [4.78, 5) is 12.0. The molecule has 3 nitrogen and oxygen atoms in total. The van der Waals surface area contributed by atoms with Crippen LogP contribution in [0.3, 0.4) is 0 Å². The van der Waals surface area contributed by atoms with Gasteiger partial charge in [0, 0.05) is 11.8 Å². The standard InChI is InChI=1S/C14H18O3S/c1-10(18(2,16)17)14(15)13-8-6-12(7-9-13)11-4-3-5-11/h6-11H,3-5H2,1-2H3. The summed E-state index contributed by atoms with van der Waals surface area (Å²) >= 11 is 0. The Morgan fingerprint density at radius 2 is 1.78 bits per heavy atom. The fraction of sp³-hybridized carbons (Fsp3) is 0.500. The van der Waals surface area contributed by atoms with Crippen LogP contribution in [-0.2, 0) is 9.84 Å². The van der Waals surface area contributed by atoms with Gasteiger partial charge >= 0.3 is 0 Å². The second kappa shape index (κ2) is 4.84. The van der Waals surface area contributed by atoms with Crippen LogP contribution < -0.4 is 0 Å². The first-order valence-electron chi connectivity index (χ1n) is 6.22. The zero-order valence-corrected chi connectivity index (χ0v) is 11.5. The number of hydrogen-bond acceptors (Lipinski definition) is 3. The first-order chi connectivity index (χ1) is 8.39. The number of hydrogen-bond donors (Lipinski definition) is 0. The lowest BCUT2D eigenvalue weighted by Crippen LogP contribution is -2.26. The smallest absolute Gasteiger partial charge is 0.180 e. The van der Waals surface area contributed by atoms with E-state index in [9.17, 15) is 13.2 Å². The summed E-state index contributed by atoms with van der Waals surface area (Å²) in [6.07, 6.45) is 4.80. The fourth-order valence-electron chi connectivity index (χ4n) is 2.09. The number of sulfone groups is 1. The summed E-state index contributed by atoms with van der Waals surface area (Å²) in [6, 6.07) is 7.40. The third-order valence-corrected chi connectivity index (χ3v) is 5.28. The summed E-state index contributed by atoms with van der Waals surface area (Å²) in [5.74, 6) is 0.305. The molecule has 0 saturated heterocycles. The van der Waals surface area contributed by atoms with E-state index in [0.29, 0.717) is 11.5 Å². The van der Waals surface area contributed by atoms with Gasteiger partial charge in [-0.3, -0.25) is 4.79 Å². The molecule has 2 rings (SSSR count). The quantitative estimate of drug-likeness (QED) is 0.787. The maximum absolute atomic E-state index is 12.0. The first kappa shape index (κ1) is 13.3. The molecule has 98 valence electrons.